The largest absolute Gasteiger partial charge is 0.303 e. The van der Waals surface area contributed by atoms with Gasteiger partial charge in [0.05, 0.1) is 0 Å². The highest BCUT2D eigenvalue weighted by atomic mass is 19.1. The topological polar surface area (TPSA) is 20.3 Å². The summed E-state index contributed by atoms with van der Waals surface area (Å²) in [5.74, 6) is -0.297. The van der Waals surface area contributed by atoms with Gasteiger partial charge in [-0.05, 0) is 38.1 Å². The van der Waals surface area contributed by atoms with Crippen LogP contribution in [0.25, 0.3) is 0 Å². The highest BCUT2D eigenvalue weighted by Crippen LogP contribution is 2.11. The van der Waals surface area contributed by atoms with E-state index in [0.29, 0.717) is 12.0 Å². The van der Waals surface area contributed by atoms with Crippen LogP contribution in [0.15, 0.2) is 24.3 Å². The van der Waals surface area contributed by atoms with Gasteiger partial charge in [-0.25, -0.2) is 4.39 Å². The highest BCUT2D eigenvalue weighted by molar-refractivity contribution is 5.96. The summed E-state index contributed by atoms with van der Waals surface area (Å²) in [6.45, 7) is 2.99. The van der Waals surface area contributed by atoms with Gasteiger partial charge in [-0.1, -0.05) is 25.0 Å². The Morgan fingerprint density at radius 3 is 2.56 bits per heavy atom. The van der Waals surface area contributed by atoms with E-state index in [1.807, 2.05) is 0 Å². The number of likely N-dealkylation sites (tertiary alicyclic amines) is 1. The number of Topliss-reactive ketones (excluding diaryl/α,β-unsaturated/α-hetero) is 1. The maximum Gasteiger partial charge on any atom is 0.164 e. The smallest absolute Gasteiger partial charge is 0.164 e. The second-order valence-electron chi connectivity index (χ2n) is 4.94. The number of benzene rings is 1. The molecular formula is C15H20FNO. The average Bonchev–Trinajstić information content (AvgIpc) is 2.64. The van der Waals surface area contributed by atoms with Crippen molar-refractivity contribution in [3.63, 3.8) is 0 Å². The number of hydrogen-bond acceptors (Lipinski definition) is 2. The second-order valence-corrected chi connectivity index (χ2v) is 4.94. The normalized spacial score (nSPS) is 17.4. The maximum atomic E-state index is 13.0. The molecule has 1 aliphatic rings. The summed E-state index contributed by atoms with van der Waals surface area (Å²) in [5.41, 5.74) is 0.491. The molecule has 18 heavy (non-hydrogen) atoms. The minimum atomic E-state index is -0.337. The van der Waals surface area contributed by atoms with Crippen molar-refractivity contribution in [2.45, 2.75) is 32.1 Å². The van der Waals surface area contributed by atoms with Gasteiger partial charge in [-0.15, -0.1) is 0 Å². The van der Waals surface area contributed by atoms with E-state index < -0.39 is 0 Å². The van der Waals surface area contributed by atoms with E-state index in [1.165, 1.54) is 37.8 Å². The molecule has 0 aliphatic carbocycles. The Bertz CT molecular complexity index is 397. The zero-order chi connectivity index (χ0) is 12.8. The molecule has 1 heterocycles. The first-order valence-electron chi connectivity index (χ1n) is 6.77. The lowest BCUT2D eigenvalue weighted by Gasteiger charge is -2.18. The molecule has 0 saturated carbocycles. The molecule has 0 amide bonds. The SMILES string of the molecule is O=C(CCN1CCCCCC1)c1cccc(F)c1. The van der Waals surface area contributed by atoms with Crippen LogP contribution in [0.2, 0.25) is 0 Å². The highest BCUT2D eigenvalue weighted by Gasteiger charge is 2.12. The average molecular weight is 249 g/mol. The van der Waals surface area contributed by atoms with Gasteiger partial charge in [-0.3, -0.25) is 4.79 Å². The number of carbonyl (C=O) groups excluding carboxylic acids is 1. The van der Waals surface area contributed by atoms with Gasteiger partial charge >= 0.3 is 0 Å². The molecule has 1 saturated heterocycles. The molecule has 0 aromatic heterocycles. The van der Waals surface area contributed by atoms with E-state index in [4.69, 9.17) is 0 Å². The number of carbonyl (C=O) groups is 1. The van der Waals surface area contributed by atoms with E-state index in [1.54, 1.807) is 12.1 Å². The Balaban J connectivity index is 1.84. The first kappa shape index (κ1) is 13.2. The van der Waals surface area contributed by atoms with Crippen LogP contribution in [0.4, 0.5) is 4.39 Å². The summed E-state index contributed by atoms with van der Waals surface area (Å²) < 4.78 is 13.0. The van der Waals surface area contributed by atoms with Crippen molar-refractivity contribution in [1.29, 1.82) is 0 Å². The Morgan fingerprint density at radius 2 is 1.89 bits per heavy atom. The van der Waals surface area contributed by atoms with Gasteiger partial charge in [0.15, 0.2) is 5.78 Å². The molecule has 0 spiro atoms. The Morgan fingerprint density at radius 1 is 1.17 bits per heavy atom. The Hall–Kier alpha value is -1.22. The molecule has 2 rings (SSSR count). The van der Waals surface area contributed by atoms with Crippen LogP contribution in [0.3, 0.4) is 0 Å². The second kappa shape index (κ2) is 6.64. The monoisotopic (exact) mass is 249 g/mol. The van der Waals surface area contributed by atoms with Crippen LogP contribution in [0.5, 0.6) is 0 Å². The van der Waals surface area contributed by atoms with Crippen molar-refractivity contribution in [2.24, 2.45) is 0 Å². The van der Waals surface area contributed by atoms with Gasteiger partial charge in [0.1, 0.15) is 5.82 Å². The minimum absolute atomic E-state index is 0.0405. The lowest BCUT2D eigenvalue weighted by Crippen LogP contribution is -2.27. The van der Waals surface area contributed by atoms with Crippen molar-refractivity contribution in [2.75, 3.05) is 19.6 Å². The van der Waals surface area contributed by atoms with E-state index in [9.17, 15) is 9.18 Å². The molecule has 98 valence electrons. The molecule has 1 fully saturated rings. The van der Waals surface area contributed by atoms with Gasteiger partial charge in [-0.2, -0.15) is 0 Å². The summed E-state index contributed by atoms with van der Waals surface area (Å²) in [6.07, 6.45) is 5.55. The summed E-state index contributed by atoms with van der Waals surface area (Å²) in [4.78, 5) is 14.3. The third kappa shape index (κ3) is 3.91. The third-order valence-electron chi connectivity index (χ3n) is 3.50. The predicted molar refractivity (Wildman–Crippen MR) is 70.3 cm³/mol. The van der Waals surface area contributed by atoms with Gasteiger partial charge in [0.2, 0.25) is 0 Å². The molecule has 1 aromatic rings. The molecule has 1 aromatic carbocycles. The third-order valence-corrected chi connectivity index (χ3v) is 3.50. The van der Waals surface area contributed by atoms with Crippen molar-refractivity contribution in [3.05, 3.63) is 35.6 Å². The fourth-order valence-electron chi connectivity index (χ4n) is 2.43. The zero-order valence-corrected chi connectivity index (χ0v) is 10.7. The van der Waals surface area contributed by atoms with Gasteiger partial charge in [0.25, 0.3) is 0 Å². The first-order chi connectivity index (χ1) is 8.75. The standard InChI is InChI=1S/C15H20FNO/c16-14-7-5-6-13(12-14)15(18)8-11-17-9-3-1-2-4-10-17/h5-7,12H,1-4,8-11H2. The molecule has 1 aliphatic heterocycles. The minimum Gasteiger partial charge on any atom is -0.303 e. The van der Waals surface area contributed by atoms with E-state index >= 15 is 0 Å². The lowest BCUT2D eigenvalue weighted by molar-refractivity contribution is 0.0964. The first-order valence-corrected chi connectivity index (χ1v) is 6.77. The number of hydrogen-bond donors (Lipinski definition) is 0. The van der Waals surface area contributed by atoms with Crippen molar-refractivity contribution >= 4 is 5.78 Å². The Kier molecular flexibility index (Phi) is 4.88. The molecular weight excluding hydrogens is 229 g/mol. The fraction of sp³-hybridized carbons (Fsp3) is 0.533. The number of ketones is 1. The van der Waals surface area contributed by atoms with E-state index in [-0.39, 0.29) is 11.6 Å². The summed E-state index contributed by atoms with van der Waals surface area (Å²) in [5, 5.41) is 0. The van der Waals surface area contributed by atoms with Crippen molar-refractivity contribution in [3.8, 4) is 0 Å². The Labute approximate surface area is 108 Å². The fourth-order valence-corrected chi connectivity index (χ4v) is 2.43. The molecule has 2 nitrogen and oxygen atoms in total. The van der Waals surface area contributed by atoms with Crippen LogP contribution >= 0.6 is 0 Å². The molecule has 0 N–H and O–H groups in total. The summed E-state index contributed by atoms with van der Waals surface area (Å²) in [6, 6.07) is 5.97. The van der Waals surface area contributed by atoms with E-state index in [2.05, 4.69) is 4.90 Å². The van der Waals surface area contributed by atoms with Gasteiger partial charge in [0, 0.05) is 18.5 Å². The lowest BCUT2D eigenvalue weighted by atomic mass is 10.1. The number of halogens is 1. The van der Waals surface area contributed by atoms with Crippen LogP contribution in [-0.2, 0) is 0 Å². The van der Waals surface area contributed by atoms with Gasteiger partial charge < -0.3 is 4.90 Å². The van der Waals surface area contributed by atoms with Crippen molar-refractivity contribution in [1.82, 2.24) is 4.90 Å². The zero-order valence-electron chi connectivity index (χ0n) is 10.7. The predicted octanol–water partition coefficient (Wildman–Crippen LogP) is 3.27. The maximum absolute atomic E-state index is 13.0. The van der Waals surface area contributed by atoms with Crippen LogP contribution in [0.1, 0.15) is 42.5 Å². The molecule has 0 bridgehead atoms. The summed E-state index contributed by atoms with van der Waals surface area (Å²) >= 11 is 0. The van der Waals surface area contributed by atoms with Crippen LogP contribution in [-0.4, -0.2) is 30.3 Å². The van der Waals surface area contributed by atoms with E-state index in [0.717, 1.165) is 19.6 Å². The van der Waals surface area contributed by atoms with Crippen LogP contribution in [0, 0.1) is 5.82 Å². The van der Waals surface area contributed by atoms with Crippen molar-refractivity contribution < 1.29 is 9.18 Å². The molecule has 3 heteroatoms. The van der Waals surface area contributed by atoms with Crippen LogP contribution < -0.4 is 0 Å². The number of nitrogens with zero attached hydrogens (tertiary/aromatic N) is 1. The quantitative estimate of drug-likeness (QED) is 0.763. The molecule has 0 unspecified atom stereocenters. The number of rotatable bonds is 4. The molecule has 0 atom stereocenters. The summed E-state index contributed by atoms with van der Waals surface area (Å²) in [7, 11) is 0. The molecule has 0 radical (unpaired) electrons.